The Labute approximate surface area is 250 Å². The lowest BCUT2D eigenvalue weighted by molar-refractivity contribution is 0.262. The van der Waals surface area contributed by atoms with Gasteiger partial charge >= 0.3 is 6.03 Å². The summed E-state index contributed by atoms with van der Waals surface area (Å²) >= 11 is 1.56. The highest BCUT2D eigenvalue weighted by molar-refractivity contribution is 7.13. The summed E-state index contributed by atoms with van der Waals surface area (Å²) in [6.45, 7) is 7.15. The van der Waals surface area contributed by atoms with Crippen molar-refractivity contribution in [2.24, 2.45) is 0 Å². The summed E-state index contributed by atoms with van der Waals surface area (Å²) < 4.78 is 11.8. The van der Waals surface area contributed by atoms with E-state index in [1.54, 1.807) is 24.6 Å². The van der Waals surface area contributed by atoms with Crippen molar-refractivity contribution in [1.82, 2.24) is 14.9 Å². The van der Waals surface area contributed by atoms with Gasteiger partial charge in [0.1, 0.15) is 28.0 Å². The van der Waals surface area contributed by atoms with Crippen LogP contribution in [0.5, 0.6) is 17.2 Å². The minimum Gasteiger partial charge on any atom is -0.495 e. The summed E-state index contributed by atoms with van der Waals surface area (Å²) in [5.74, 6) is 1.91. The Morgan fingerprint density at radius 3 is 2.40 bits per heavy atom. The Morgan fingerprint density at radius 1 is 0.929 bits per heavy atom. The predicted octanol–water partition coefficient (Wildman–Crippen LogP) is 8.16. The highest BCUT2D eigenvalue weighted by Crippen LogP contribution is 2.36. The quantitative estimate of drug-likeness (QED) is 0.192. The molecule has 9 heteroatoms. The molecule has 2 heterocycles. The molecular formula is C33H35N5O3S. The Kier molecular flexibility index (Phi) is 8.42. The summed E-state index contributed by atoms with van der Waals surface area (Å²) in [6, 6.07) is 20.7. The minimum absolute atomic E-state index is 0.0733. The molecule has 0 aliphatic heterocycles. The summed E-state index contributed by atoms with van der Waals surface area (Å²) in [7, 11) is 5.63. The minimum atomic E-state index is -0.367. The number of carbonyl (C=O) groups excluding carboxylic acids is 1. The van der Waals surface area contributed by atoms with E-state index in [2.05, 4.69) is 46.7 Å². The zero-order chi connectivity index (χ0) is 29.9. The predicted molar refractivity (Wildman–Crippen MR) is 171 cm³/mol. The second-order valence-corrected chi connectivity index (χ2v) is 12.1. The Morgan fingerprint density at radius 2 is 1.67 bits per heavy atom. The highest BCUT2D eigenvalue weighted by Gasteiger charge is 2.18. The van der Waals surface area contributed by atoms with Crippen LogP contribution >= 0.6 is 11.3 Å². The molecule has 0 aliphatic rings. The molecule has 0 radical (unpaired) electrons. The van der Waals surface area contributed by atoms with Gasteiger partial charge in [0, 0.05) is 35.0 Å². The number of carbonyl (C=O) groups is 1. The average molecular weight is 582 g/mol. The number of amides is 2. The van der Waals surface area contributed by atoms with Gasteiger partial charge in [-0.3, -0.25) is 4.98 Å². The SMILES string of the molecule is COc1ccc(C(C)(C)C)cc1NC(=O)Nc1ccc(Oc2ccnc(-c3nc(CN(C)C)cs3)c2)c2ccccc12. The summed E-state index contributed by atoms with van der Waals surface area (Å²) in [6.07, 6.45) is 1.73. The van der Waals surface area contributed by atoms with Crippen LogP contribution in [-0.4, -0.2) is 42.1 Å². The summed E-state index contributed by atoms with van der Waals surface area (Å²) in [5.41, 5.74) is 4.05. The van der Waals surface area contributed by atoms with Crippen LogP contribution in [0.4, 0.5) is 16.2 Å². The number of hydrogen-bond donors (Lipinski definition) is 2. The molecule has 0 fully saturated rings. The van der Waals surface area contributed by atoms with Crippen molar-refractivity contribution in [2.45, 2.75) is 32.7 Å². The first-order chi connectivity index (χ1) is 20.1. The van der Waals surface area contributed by atoms with Crippen molar-refractivity contribution in [3.05, 3.63) is 89.6 Å². The normalized spacial score (nSPS) is 11.5. The third-order valence-electron chi connectivity index (χ3n) is 6.65. The number of anilines is 2. The fourth-order valence-corrected chi connectivity index (χ4v) is 5.33. The molecule has 8 nitrogen and oxygen atoms in total. The molecule has 2 aromatic heterocycles. The van der Waals surface area contributed by atoms with Crippen LogP contribution in [-0.2, 0) is 12.0 Å². The number of rotatable bonds is 8. The van der Waals surface area contributed by atoms with Gasteiger partial charge in [0.2, 0.25) is 0 Å². The number of benzene rings is 3. The van der Waals surface area contributed by atoms with E-state index in [1.807, 2.05) is 80.8 Å². The van der Waals surface area contributed by atoms with Crippen LogP contribution in [0.15, 0.2) is 78.3 Å². The standard InChI is InChI=1S/C33H35N5O3S/c1-33(2,3)21-11-13-30(40-6)27(17-21)37-32(39)36-26-12-14-29(25-10-8-7-9-24(25)26)41-23-15-16-34-28(18-23)31-35-22(20-42-31)19-38(4)5/h7-18,20H,19H2,1-6H3,(H2,36,37,39). The molecule has 0 atom stereocenters. The van der Waals surface area contributed by atoms with Crippen LogP contribution in [0.25, 0.3) is 21.5 Å². The van der Waals surface area contributed by atoms with E-state index < -0.39 is 0 Å². The molecule has 0 spiro atoms. The zero-order valence-corrected chi connectivity index (χ0v) is 25.5. The summed E-state index contributed by atoms with van der Waals surface area (Å²) in [5, 5.41) is 10.6. The van der Waals surface area contributed by atoms with Crippen LogP contribution in [0.2, 0.25) is 0 Å². The number of thiazole rings is 1. The number of pyridine rings is 1. The van der Waals surface area contributed by atoms with Gasteiger partial charge in [-0.05, 0) is 55.4 Å². The van der Waals surface area contributed by atoms with E-state index in [-0.39, 0.29) is 11.4 Å². The lowest BCUT2D eigenvalue weighted by atomic mass is 9.87. The number of fused-ring (bicyclic) bond motifs is 1. The first-order valence-electron chi connectivity index (χ1n) is 13.6. The zero-order valence-electron chi connectivity index (χ0n) is 24.7. The van der Waals surface area contributed by atoms with Gasteiger partial charge in [-0.1, -0.05) is 51.1 Å². The largest absolute Gasteiger partial charge is 0.495 e. The fraction of sp³-hybridized carbons (Fsp3) is 0.242. The molecule has 3 aromatic carbocycles. The molecule has 5 aromatic rings. The molecule has 0 saturated heterocycles. The maximum absolute atomic E-state index is 13.1. The van der Waals surface area contributed by atoms with Crippen molar-refractivity contribution >= 4 is 39.5 Å². The van der Waals surface area contributed by atoms with Crippen LogP contribution < -0.4 is 20.1 Å². The Hall–Kier alpha value is -4.47. The first kappa shape index (κ1) is 29.0. The molecule has 0 aliphatic carbocycles. The maximum Gasteiger partial charge on any atom is 0.323 e. The monoisotopic (exact) mass is 581 g/mol. The number of nitrogens with zero attached hydrogens (tertiary/aromatic N) is 3. The van der Waals surface area contributed by atoms with Crippen LogP contribution in [0.1, 0.15) is 32.0 Å². The Balaban J connectivity index is 1.37. The van der Waals surface area contributed by atoms with Crippen molar-refractivity contribution < 1.29 is 14.3 Å². The first-order valence-corrected chi connectivity index (χ1v) is 14.5. The van der Waals surface area contributed by atoms with Crippen molar-refractivity contribution in [3.8, 4) is 28.0 Å². The van der Waals surface area contributed by atoms with E-state index >= 15 is 0 Å². The van der Waals surface area contributed by atoms with Gasteiger partial charge in [0.15, 0.2) is 0 Å². The van der Waals surface area contributed by atoms with Crippen molar-refractivity contribution in [2.75, 3.05) is 31.8 Å². The van der Waals surface area contributed by atoms with Crippen LogP contribution in [0.3, 0.4) is 0 Å². The lowest BCUT2D eigenvalue weighted by Gasteiger charge is -2.21. The number of urea groups is 1. The molecule has 2 N–H and O–H groups in total. The lowest BCUT2D eigenvalue weighted by Crippen LogP contribution is -2.21. The molecule has 42 heavy (non-hydrogen) atoms. The van der Waals surface area contributed by atoms with E-state index in [9.17, 15) is 4.79 Å². The van der Waals surface area contributed by atoms with Crippen molar-refractivity contribution in [3.63, 3.8) is 0 Å². The number of methoxy groups -OCH3 is 1. The van der Waals surface area contributed by atoms with Gasteiger partial charge < -0.3 is 25.0 Å². The molecule has 0 saturated carbocycles. The molecule has 0 bridgehead atoms. The molecule has 0 unspecified atom stereocenters. The van der Waals surface area contributed by atoms with Gasteiger partial charge in [0.25, 0.3) is 0 Å². The number of ether oxygens (including phenoxy) is 2. The van der Waals surface area contributed by atoms with Gasteiger partial charge in [-0.15, -0.1) is 11.3 Å². The van der Waals surface area contributed by atoms with Crippen molar-refractivity contribution in [1.29, 1.82) is 0 Å². The number of aromatic nitrogens is 2. The maximum atomic E-state index is 13.1. The van der Waals surface area contributed by atoms with E-state index in [4.69, 9.17) is 14.5 Å². The Bertz CT molecular complexity index is 1720. The van der Waals surface area contributed by atoms with E-state index in [1.165, 1.54) is 0 Å². The number of hydrogen-bond acceptors (Lipinski definition) is 7. The summed E-state index contributed by atoms with van der Waals surface area (Å²) in [4.78, 5) is 24.5. The van der Waals surface area contributed by atoms with Crippen LogP contribution in [0, 0.1) is 0 Å². The van der Waals surface area contributed by atoms with Gasteiger partial charge in [-0.25, -0.2) is 9.78 Å². The second-order valence-electron chi connectivity index (χ2n) is 11.3. The molecular weight excluding hydrogens is 546 g/mol. The molecule has 5 rings (SSSR count). The van der Waals surface area contributed by atoms with E-state index in [0.717, 1.165) is 39.3 Å². The van der Waals surface area contributed by atoms with E-state index in [0.29, 0.717) is 28.6 Å². The molecule has 2 amide bonds. The van der Waals surface area contributed by atoms with Gasteiger partial charge in [0.05, 0.1) is 24.2 Å². The number of nitrogens with one attached hydrogen (secondary N) is 2. The van der Waals surface area contributed by atoms with Gasteiger partial charge in [-0.2, -0.15) is 0 Å². The second kappa shape index (κ2) is 12.2. The average Bonchev–Trinajstić information content (AvgIpc) is 3.42. The smallest absolute Gasteiger partial charge is 0.323 e. The third kappa shape index (κ3) is 6.70. The topological polar surface area (TPSA) is 88.6 Å². The highest BCUT2D eigenvalue weighted by atomic mass is 32.1. The molecule has 216 valence electrons. The fourth-order valence-electron chi connectivity index (χ4n) is 4.56. The third-order valence-corrected chi connectivity index (χ3v) is 7.57.